The van der Waals surface area contributed by atoms with Gasteiger partial charge in [-0.05, 0) is 19.3 Å². The number of ether oxygens (including phenoxy) is 4. The Balaban J connectivity index is 3.38. The molecular weight excluding hydrogens is 452 g/mol. The van der Waals surface area contributed by atoms with Gasteiger partial charge in [-0.1, -0.05) is 0 Å². The number of nitrogens with two attached hydrogens (primary N) is 2. The molecule has 34 heavy (non-hydrogen) atoms. The highest BCUT2D eigenvalue weighted by molar-refractivity contribution is 5.79. The van der Waals surface area contributed by atoms with Crippen LogP contribution in [-0.2, 0) is 38.1 Å². The summed E-state index contributed by atoms with van der Waals surface area (Å²) in [5.74, 6) is 4.09. The summed E-state index contributed by atoms with van der Waals surface area (Å²) in [7, 11) is 0. The zero-order valence-electron chi connectivity index (χ0n) is 19.9. The first kappa shape index (κ1) is 31.6. The number of hydrogen-bond acceptors (Lipinski definition) is 10. The van der Waals surface area contributed by atoms with E-state index in [4.69, 9.17) is 30.5 Å². The second kappa shape index (κ2) is 22.4. The van der Waals surface area contributed by atoms with E-state index in [1.165, 1.54) is 6.92 Å². The number of rotatable bonds is 23. The van der Waals surface area contributed by atoms with Gasteiger partial charge in [0.25, 0.3) is 0 Å². The van der Waals surface area contributed by atoms with Crippen molar-refractivity contribution in [2.45, 2.75) is 32.2 Å². The van der Waals surface area contributed by atoms with Gasteiger partial charge in [0.2, 0.25) is 23.6 Å². The van der Waals surface area contributed by atoms with Crippen molar-refractivity contribution in [3.63, 3.8) is 0 Å². The van der Waals surface area contributed by atoms with Crippen LogP contribution < -0.4 is 33.0 Å². The summed E-state index contributed by atoms with van der Waals surface area (Å²) in [6.45, 7) is 4.32. The minimum atomic E-state index is -0.570. The van der Waals surface area contributed by atoms with E-state index in [-0.39, 0.29) is 50.8 Å². The van der Waals surface area contributed by atoms with Crippen molar-refractivity contribution in [1.29, 1.82) is 0 Å². The molecule has 0 saturated carbocycles. The summed E-state index contributed by atoms with van der Waals surface area (Å²) in [5.41, 5.74) is 7.51. The highest BCUT2D eigenvalue weighted by Gasteiger charge is 2.12. The minimum absolute atomic E-state index is 0.0804. The fraction of sp³-hybridized carbons (Fsp3) is 0.800. The molecule has 198 valence electrons. The Bertz CT molecular complexity index is 581. The van der Waals surface area contributed by atoms with E-state index < -0.39 is 11.9 Å². The van der Waals surface area contributed by atoms with Crippen molar-refractivity contribution in [1.82, 2.24) is 21.4 Å². The summed E-state index contributed by atoms with van der Waals surface area (Å²) in [6.07, 6.45) is 1.87. The summed E-state index contributed by atoms with van der Waals surface area (Å²) in [6, 6.07) is -0.570. The van der Waals surface area contributed by atoms with Crippen molar-refractivity contribution < 1.29 is 38.1 Å². The van der Waals surface area contributed by atoms with Gasteiger partial charge in [-0.15, -0.1) is 0 Å². The first-order valence-electron chi connectivity index (χ1n) is 11.2. The maximum absolute atomic E-state index is 11.6. The molecule has 0 rings (SSSR count). The first-order chi connectivity index (χ1) is 16.4. The third-order valence-electron chi connectivity index (χ3n) is 4.19. The fourth-order valence-electron chi connectivity index (χ4n) is 2.44. The Hall–Kier alpha value is -2.36. The molecule has 4 amide bonds. The van der Waals surface area contributed by atoms with Gasteiger partial charge in [0.15, 0.2) is 0 Å². The predicted molar refractivity (Wildman–Crippen MR) is 122 cm³/mol. The standard InChI is InChI=1S/C20H40N6O8/c1-16(27)23-6-8-31-10-12-34-15-19(29)25-7-9-32-11-13-33-14-18(28)24-5-3-2-4-17(26-22)20(21)30/h17,26H,2-15,22H2,1H3,(H2,21,30)(H,23,27)(H,24,28)(H,25,29)/t17-/m0/s1. The molecule has 0 aliphatic carbocycles. The molecule has 0 bridgehead atoms. The van der Waals surface area contributed by atoms with E-state index in [0.717, 1.165) is 0 Å². The Morgan fingerprint density at radius 1 is 0.706 bits per heavy atom. The molecule has 14 nitrogen and oxygen atoms in total. The average molecular weight is 493 g/mol. The topological polar surface area (TPSA) is 205 Å². The van der Waals surface area contributed by atoms with E-state index in [0.29, 0.717) is 58.7 Å². The zero-order chi connectivity index (χ0) is 25.4. The lowest BCUT2D eigenvalue weighted by Gasteiger charge is -2.11. The number of unbranched alkanes of at least 4 members (excludes halogenated alkanes) is 1. The maximum Gasteiger partial charge on any atom is 0.246 e. The van der Waals surface area contributed by atoms with Gasteiger partial charge in [0.1, 0.15) is 13.2 Å². The van der Waals surface area contributed by atoms with Crippen LogP contribution in [0.1, 0.15) is 26.2 Å². The highest BCUT2D eigenvalue weighted by atomic mass is 16.5. The summed E-state index contributed by atoms with van der Waals surface area (Å²) in [5, 5.41) is 7.96. The SMILES string of the molecule is CC(=O)NCCOCCOCC(=O)NCCOCCOCC(=O)NCCCC[C@H](NN)C(N)=O. The summed E-state index contributed by atoms with van der Waals surface area (Å²) >= 11 is 0. The quantitative estimate of drug-likeness (QED) is 0.0481. The van der Waals surface area contributed by atoms with Gasteiger partial charge >= 0.3 is 0 Å². The molecule has 0 unspecified atom stereocenters. The molecule has 0 radical (unpaired) electrons. The highest BCUT2D eigenvalue weighted by Crippen LogP contribution is 1.99. The van der Waals surface area contributed by atoms with Crippen LogP contribution in [-0.4, -0.2) is 102 Å². The number of hydrogen-bond donors (Lipinski definition) is 6. The predicted octanol–water partition coefficient (Wildman–Crippen LogP) is -3.09. The van der Waals surface area contributed by atoms with Crippen LogP contribution >= 0.6 is 0 Å². The Morgan fingerprint density at radius 3 is 1.71 bits per heavy atom. The molecule has 0 spiro atoms. The Kier molecular flexibility index (Phi) is 20.9. The van der Waals surface area contributed by atoms with E-state index in [2.05, 4.69) is 21.4 Å². The molecule has 0 fully saturated rings. The van der Waals surface area contributed by atoms with Gasteiger partial charge in [0.05, 0.1) is 45.7 Å². The lowest BCUT2D eigenvalue weighted by molar-refractivity contribution is -0.127. The third kappa shape index (κ3) is 21.5. The van der Waals surface area contributed by atoms with E-state index in [1.807, 2.05) is 0 Å². The number of carbonyl (C=O) groups excluding carboxylic acids is 4. The first-order valence-corrected chi connectivity index (χ1v) is 11.2. The second-order valence-corrected chi connectivity index (χ2v) is 7.13. The molecule has 0 aliphatic heterocycles. The lowest BCUT2D eigenvalue weighted by Crippen LogP contribution is -2.45. The number of nitrogens with one attached hydrogen (secondary N) is 4. The van der Waals surface area contributed by atoms with Crippen molar-refractivity contribution in [3.8, 4) is 0 Å². The largest absolute Gasteiger partial charge is 0.377 e. The fourth-order valence-corrected chi connectivity index (χ4v) is 2.44. The van der Waals surface area contributed by atoms with Crippen LogP contribution in [0.2, 0.25) is 0 Å². The number of hydrazine groups is 1. The van der Waals surface area contributed by atoms with Crippen molar-refractivity contribution >= 4 is 23.6 Å². The van der Waals surface area contributed by atoms with Gasteiger partial charge in [-0.25, -0.2) is 5.43 Å². The molecule has 1 atom stereocenters. The molecule has 0 aromatic carbocycles. The maximum atomic E-state index is 11.6. The average Bonchev–Trinajstić information content (AvgIpc) is 2.79. The molecule has 8 N–H and O–H groups in total. The van der Waals surface area contributed by atoms with E-state index in [9.17, 15) is 19.2 Å². The van der Waals surface area contributed by atoms with E-state index in [1.54, 1.807) is 0 Å². The Labute approximate surface area is 200 Å². The molecule has 0 aliphatic rings. The van der Waals surface area contributed by atoms with Gasteiger partial charge in [0, 0.05) is 26.6 Å². The van der Waals surface area contributed by atoms with Crippen LogP contribution in [0, 0.1) is 0 Å². The molecular formula is C20H40N6O8. The molecule has 14 heteroatoms. The van der Waals surface area contributed by atoms with Crippen molar-refractivity contribution in [2.24, 2.45) is 11.6 Å². The molecule has 0 saturated heterocycles. The monoisotopic (exact) mass is 492 g/mol. The van der Waals surface area contributed by atoms with Crippen molar-refractivity contribution in [2.75, 3.05) is 72.5 Å². The Morgan fingerprint density at radius 2 is 1.21 bits per heavy atom. The third-order valence-corrected chi connectivity index (χ3v) is 4.19. The van der Waals surface area contributed by atoms with Crippen LogP contribution in [0.4, 0.5) is 0 Å². The van der Waals surface area contributed by atoms with Gasteiger partial charge < -0.3 is 40.6 Å². The zero-order valence-corrected chi connectivity index (χ0v) is 19.9. The van der Waals surface area contributed by atoms with Crippen LogP contribution in [0.25, 0.3) is 0 Å². The number of carbonyl (C=O) groups is 4. The van der Waals surface area contributed by atoms with Crippen LogP contribution in [0.5, 0.6) is 0 Å². The molecule has 0 aromatic rings. The normalized spacial score (nSPS) is 11.6. The molecule has 0 aromatic heterocycles. The van der Waals surface area contributed by atoms with Gasteiger partial charge in [-0.2, -0.15) is 0 Å². The smallest absolute Gasteiger partial charge is 0.246 e. The summed E-state index contributed by atoms with van der Waals surface area (Å²) in [4.78, 5) is 44.9. The number of amides is 4. The minimum Gasteiger partial charge on any atom is -0.377 e. The summed E-state index contributed by atoms with van der Waals surface area (Å²) < 4.78 is 20.9. The van der Waals surface area contributed by atoms with Crippen molar-refractivity contribution in [3.05, 3.63) is 0 Å². The van der Waals surface area contributed by atoms with Crippen LogP contribution in [0.3, 0.4) is 0 Å². The number of primary amides is 1. The van der Waals surface area contributed by atoms with Gasteiger partial charge in [-0.3, -0.25) is 25.0 Å². The van der Waals surface area contributed by atoms with E-state index >= 15 is 0 Å². The molecule has 0 heterocycles. The van der Waals surface area contributed by atoms with Crippen LogP contribution in [0.15, 0.2) is 0 Å². The lowest BCUT2D eigenvalue weighted by atomic mass is 10.1. The second-order valence-electron chi connectivity index (χ2n) is 7.13.